The Kier molecular flexibility index (Phi) is 5.90. The van der Waals surface area contributed by atoms with Gasteiger partial charge in [-0.1, -0.05) is 49.2 Å². The fraction of sp³-hybridized carbons (Fsp3) is 0.357. The Morgan fingerprint density at radius 2 is 1.57 bits per heavy atom. The van der Waals surface area contributed by atoms with Crippen molar-refractivity contribution in [2.45, 2.75) is 63.7 Å². The van der Waals surface area contributed by atoms with Gasteiger partial charge in [0.05, 0.1) is 6.04 Å². The third kappa shape index (κ3) is 4.24. The summed E-state index contributed by atoms with van der Waals surface area (Å²) in [6.07, 6.45) is 5.52. The molecule has 0 bridgehead atoms. The molecule has 1 fully saturated rings. The number of aryl methyl sites for hydroxylation is 1. The van der Waals surface area contributed by atoms with Crippen LogP contribution >= 0.6 is 0 Å². The van der Waals surface area contributed by atoms with E-state index in [9.17, 15) is 19.2 Å². The van der Waals surface area contributed by atoms with Gasteiger partial charge in [0.2, 0.25) is 17.4 Å². The van der Waals surface area contributed by atoms with Gasteiger partial charge in [0.1, 0.15) is 24.2 Å². The molecule has 1 atom stereocenters. The summed E-state index contributed by atoms with van der Waals surface area (Å²) in [7, 11) is 0. The number of carbonyl (C=O) groups excluding carboxylic acids is 2. The van der Waals surface area contributed by atoms with Crippen LogP contribution in [0.15, 0.2) is 62.5 Å². The number of aromatic nitrogens is 2. The van der Waals surface area contributed by atoms with E-state index in [2.05, 4.69) is 16.7 Å². The van der Waals surface area contributed by atoms with E-state index in [4.69, 9.17) is 4.42 Å². The van der Waals surface area contributed by atoms with E-state index in [1.807, 2.05) is 18.2 Å². The van der Waals surface area contributed by atoms with Crippen molar-refractivity contribution in [1.82, 2.24) is 19.8 Å². The summed E-state index contributed by atoms with van der Waals surface area (Å²) in [6, 6.07) is 14.9. The minimum Gasteiger partial charge on any atom is -0.449 e. The van der Waals surface area contributed by atoms with Gasteiger partial charge in [0.15, 0.2) is 0 Å². The van der Waals surface area contributed by atoms with Crippen LogP contribution in [0.4, 0.5) is 0 Å². The van der Waals surface area contributed by atoms with Crippen molar-refractivity contribution < 1.29 is 14.0 Å². The van der Waals surface area contributed by atoms with Gasteiger partial charge in [-0.3, -0.25) is 19.0 Å². The van der Waals surface area contributed by atoms with Gasteiger partial charge >= 0.3 is 5.69 Å². The number of nitrogens with zero attached hydrogens (tertiary/aromatic N) is 2. The molecule has 4 aromatic rings. The second kappa shape index (κ2) is 9.38. The highest BCUT2D eigenvalue weighted by Crippen LogP contribution is 2.31. The van der Waals surface area contributed by atoms with Gasteiger partial charge < -0.3 is 15.1 Å². The van der Waals surface area contributed by atoms with Gasteiger partial charge in [-0.05, 0) is 48.9 Å². The molecule has 2 heterocycles. The predicted molar refractivity (Wildman–Crippen MR) is 138 cm³/mol. The lowest BCUT2D eigenvalue weighted by Gasteiger charge is -2.16. The second-order valence-corrected chi connectivity index (χ2v) is 9.94. The number of rotatable bonds is 6. The molecule has 2 aromatic heterocycles. The number of amides is 2. The van der Waals surface area contributed by atoms with Crippen molar-refractivity contribution in [3.63, 3.8) is 0 Å². The van der Waals surface area contributed by atoms with E-state index in [1.54, 1.807) is 24.3 Å². The summed E-state index contributed by atoms with van der Waals surface area (Å²) < 4.78 is 7.96. The minimum absolute atomic E-state index is 0.0477. The van der Waals surface area contributed by atoms with Crippen molar-refractivity contribution in [3.05, 3.63) is 80.5 Å². The Bertz CT molecular complexity index is 1640. The third-order valence-corrected chi connectivity index (χ3v) is 7.53. The van der Waals surface area contributed by atoms with Crippen LogP contribution in [0.1, 0.15) is 49.3 Å². The minimum atomic E-state index is -0.715. The molecule has 0 saturated heterocycles. The van der Waals surface area contributed by atoms with Crippen LogP contribution in [0.3, 0.4) is 0 Å². The molecule has 0 unspecified atom stereocenters. The van der Waals surface area contributed by atoms with Crippen LogP contribution in [0, 0.1) is 0 Å². The largest absolute Gasteiger partial charge is 0.449 e. The van der Waals surface area contributed by atoms with E-state index in [0.29, 0.717) is 11.0 Å². The highest BCUT2D eigenvalue weighted by atomic mass is 16.3. The van der Waals surface area contributed by atoms with Crippen LogP contribution < -0.4 is 21.9 Å². The van der Waals surface area contributed by atoms with Crippen LogP contribution in [-0.2, 0) is 29.1 Å². The molecule has 0 aliphatic heterocycles. The summed E-state index contributed by atoms with van der Waals surface area (Å²) in [6.45, 7) is -0.735. The first-order chi connectivity index (χ1) is 18.0. The maximum atomic E-state index is 13.6. The fourth-order valence-electron chi connectivity index (χ4n) is 5.76. The van der Waals surface area contributed by atoms with Gasteiger partial charge in [-0.2, -0.15) is 0 Å². The Balaban J connectivity index is 1.37. The lowest BCUT2D eigenvalue weighted by molar-refractivity contribution is -0.122. The van der Waals surface area contributed by atoms with E-state index in [-0.39, 0.29) is 35.6 Å². The van der Waals surface area contributed by atoms with Crippen LogP contribution in [0.2, 0.25) is 0 Å². The Hall–Kier alpha value is -4.14. The Morgan fingerprint density at radius 3 is 2.41 bits per heavy atom. The van der Waals surface area contributed by atoms with E-state index in [1.165, 1.54) is 10.1 Å². The first kappa shape index (κ1) is 23.3. The summed E-state index contributed by atoms with van der Waals surface area (Å²) in [5, 5.41) is 6.52. The van der Waals surface area contributed by atoms with Gasteiger partial charge in [-0.15, -0.1) is 0 Å². The molecule has 9 nitrogen and oxygen atoms in total. The average molecular weight is 501 g/mol. The number of para-hydroxylation sites is 1. The van der Waals surface area contributed by atoms with E-state index >= 15 is 0 Å². The van der Waals surface area contributed by atoms with Crippen molar-refractivity contribution in [1.29, 1.82) is 0 Å². The topological polar surface area (TPSA) is 115 Å². The molecule has 0 spiro atoms. The lowest BCUT2D eigenvalue weighted by atomic mass is 10.1. The zero-order valence-corrected chi connectivity index (χ0v) is 20.4. The average Bonchev–Trinajstić information content (AvgIpc) is 3.64. The first-order valence-electron chi connectivity index (χ1n) is 12.8. The number of hydrogen-bond acceptors (Lipinski definition) is 5. The number of nitrogens with one attached hydrogen (secondary N) is 2. The molecule has 2 aliphatic rings. The van der Waals surface area contributed by atoms with E-state index in [0.717, 1.165) is 48.7 Å². The van der Waals surface area contributed by atoms with Crippen molar-refractivity contribution in [3.8, 4) is 0 Å². The molecule has 37 heavy (non-hydrogen) atoms. The molecule has 2 N–H and O–H groups in total. The standard InChI is InChI=1S/C28H28N4O5/c33-23(29-18-8-2-3-9-18)16-32-27(35)26-25(20-11-5-6-12-22(20)37-26)31(28(32)36)15-24(34)30-21-14-13-17-7-1-4-10-19(17)21/h1,4-7,10-12,18,21H,2-3,8-9,13-16H2,(H,29,33)(H,30,34)/t21-/m0/s1. The monoisotopic (exact) mass is 500 g/mol. The molecule has 1 saturated carbocycles. The Morgan fingerprint density at radius 1 is 0.865 bits per heavy atom. The van der Waals surface area contributed by atoms with Crippen LogP contribution in [0.5, 0.6) is 0 Å². The zero-order valence-electron chi connectivity index (χ0n) is 20.4. The molecule has 190 valence electrons. The molecular formula is C28H28N4O5. The SMILES string of the molecule is O=C(Cn1c(=O)c2oc3ccccc3c2n(CC(=O)N[C@H]2CCc3ccccc32)c1=O)NC1CCCC1. The molecule has 2 aromatic carbocycles. The highest BCUT2D eigenvalue weighted by molar-refractivity contribution is 6.02. The molecule has 9 heteroatoms. The van der Waals surface area contributed by atoms with Crippen LogP contribution in [-0.4, -0.2) is 27.0 Å². The quantitative estimate of drug-likeness (QED) is 0.423. The maximum absolute atomic E-state index is 13.6. The second-order valence-electron chi connectivity index (χ2n) is 9.94. The molecular weight excluding hydrogens is 472 g/mol. The molecule has 0 radical (unpaired) electrons. The van der Waals surface area contributed by atoms with Crippen LogP contribution in [0.25, 0.3) is 22.1 Å². The smallest absolute Gasteiger partial charge is 0.332 e. The number of benzene rings is 2. The number of fused-ring (bicyclic) bond motifs is 4. The lowest BCUT2D eigenvalue weighted by Crippen LogP contribution is -2.46. The summed E-state index contributed by atoms with van der Waals surface area (Å²) in [4.78, 5) is 52.9. The van der Waals surface area contributed by atoms with Crippen molar-refractivity contribution in [2.75, 3.05) is 0 Å². The van der Waals surface area contributed by atoms with Gasteiger partial charge in [0, 0.05) is 11.4 Å². The van der Waals surface area contributed by atoms with Gasteiger partial charge in [-0.25, -0.2) is 9.36 Å². The predicted octanol–water partition coefficient (Wildman–Crippen LogP) is 2.77. The van der Waals surface area contributed by atoms with Crippen molar-refractivity contribution in [2.24, 2.45) is 0 Å². The van der Waals surface area contributed by atoms with Crippen molar-refractivity contribution >= 4 is 33.9 Å². The number of carbonyl (C=O) groups is 2. The molecule has 6 rings (SSSR count). The van der Waals surface area contributed by atoms with E-state index < -0.39 is 23.7 Å². The molecule has 2 aliphatic carbocycles. The molecule has 2 amide bonds. The summed E-state index contributed by atoms with van der Waals surface area (Å²) in [5.74, 6) is -0.754. The van der Waals surface area contributed by atoms with Gasteiger partial charge in [0.25, 0.3) is 5.56 Å². The third-order valence-electron chi connectivity index (χ3n) is 7.53. The zero-order chi connectivity index (χ0) is 25.5. The summed E-state index contributed by atoms with van der Waals surface area (Å²) >= 11 is 0. The number of furan rings is 1. The first-order valence-corrected chi connectivity index (χ1v) is 12.8. The fourth-order valence-corrected chi connectivity index (χ4v) is 5.76. The number of hydrogen-bond donors (Lipinski definition) is 2. The Labute approximate surface area is 212 Å². The normalized spacial score (nSPS) is 17.4. The highest BCUT2D eigenvalue weighted by Gasteiger charge is 2.26. The maximum Gasteiger partial charge on any atom is 0.332 e. The summed E-state index contributed by atoms with van der Waals surface area (Å²) in [5.41, 5.74) is 1.53.